The van der Waals surface area contributed by atoms with Crippen molar-refractivity contribution >= 4 is 15.7 Å². The van der Waals surface area contributed by atoms with Crippen LogP contribution in [0.15, 0.2) is 59.9 Å². The second-order valence-corrected chi connectivity index (χ2v) is 8.20. The van der Waals surface area contributed by atoms with Crippen LogP contribution < -0.4 is 9.46 Å². The predicted octanol–water partition coefficient (Wildman–Crippen LogP) is 4.13. The Bertz CT molecular complexity index is 1060. The van der Waals surface area contributed by atoms with Crippen LogP contribution in [0.5, 0.6) is 11.6 Å². The van der Waals surface area contributed by atoms with Crippen molar-refractivity contribution in [1.82, 2.24) is 14.8 Å². The number of benzene rings is 1. The Balaban J connectivity index is 1.50. The first-order valence-electron chi connectivity index (χ1n) is 8.98. The van der Waals surface area contributed by atoms with E-state index >= 15 is 0 Å². The fourth-order valence-corrected chi connectivity index (χ4v) is 4.50. The third-order valence-electron chi connectivity index (χ3n) is 4.62. The van der Waals surface area contributed by atoms with Gasteiger partial charge in [0.25, 0.3) is 10.0 Å². The molecule has 28 heavy (non-hydrogen) atoms. The molecule has 1 aliphatic carbocycles. The van der Waals surface area contributed by atoms with Gasteiger partial charge in [-0.3, -0.25) is 4.72 Å². The minimum Gasteiger partial charge on any atom is -0.436 e. The third kappa shape index (κ3) is 3.84. The molecule has 0 aliphatic heterocycles. The van der Waals surface area contributed by atoms with E-state index in [0.29, 0.717) is 0 Å². The summed E-state index contributed by atoms with van der Waals surface area (Å²) < 4.78 is 48.7. The topological polar surface area (TPSA) is 86.1 Å². The van der Waals surface area contributed by atoms with Gasteiger partial charge in [0.15, 0.2) is 16.6 Å². The zero-order valence-corrected chi connectivity index (χ0v) is 15.8. The van der Waals surface area contributed by atoms with Crippen molar-refractivity contribution in [3.63, 3.8) is 0 Å². The summed E-state index contributed by atoms with van der Waals surface area (Å²) in [5, 5.41) is 4.33. The Morgan fingerprint density at radius 3 is 2.61 bits per heavy atom. The first-order chi connectivity index (χ1) is 13.5. The Kier molecular flexibility index (Phi) is 4.99. The molecule has 0 atom stereocenters. The summed E-state index contributed by atoms with van der Waals surface area (Å²) in [5.41, 5.74) is 0.278. The lowest BCUT2D eigenvalue weighted by atomic mass is 10.3. The Morgan fingerprint density at radius 2 is 1.89 bits per heavy atom. The van der Waals surface area contributed by atoms with E-state index in [1.165, 1.54) is 42.7 Å². The maximum Gasteiger partial charge on any atom is 0.279 e. The molecule has 9 heteroatoms. The first-order valence-corrected chi connectivity index (χ1v) is 10.5. The molecule has 0 unspecified atom stereocenters. The average molecular weight is 402 g/mol. The minimum atomic E-state index is -3.81. The van der Waals surface area contributed by atoms with Crippen LogP contribution in [0.4, 0.5) is 10.1 Å². The van der Waals surface area contributed by atoms with Gasteiger partial charge in [0.2, 0.25) is 5.88 Å². The Hall–Kier alpha value is -2.94. The van der Waals surface area contributed by atoms with E-state index in [1.807, 2.05) is 0 Å². The van der Waals surface area contributed by atoms with E-state index in [2.05, 4.69) is 14.8 Å². The molecular weight excluding hydrogens is 383 g/mol. The highest BCUT2D eigenvalue weighted by atomic mass is 32.2. The summed E-state index contributed by atoms with van der Waals surface area (Å²) >= 11 is 0. The third-order valence-corrected chi connectivity index (χ3v) is 6.00. The average Bonchev–Trinajstić information content (AvgIpc) is 3.36. The van der Waals surface area contributed by atoms with Crippen LogP contribution in [-0.2, 0) is 10.0 Å². The van der Waals surface area contributed by atoms with Crippen LogP contribution in [0.25, 0.3) is 0 Å². The number of hydrogen-bond donors (Lipinski definition) is 1. The number of para-hydroxylation sites is 1. The molecule has 1 aliphatic rings. The monoisotopic (exact) mass is 402 g/mol. The summed E-state index contributed by atoms with van der Waals surface area (Å²) in [7, 11) is -3.81. The molecule has 1 aromatic carbocycles. The Labute approximate surface area is 162 Å². The molecule has 1 N–H and O–H groups in total. The fourth-order valence-electron chi connectivity index (χ4n) is 3.29. The van der Waals surface area contributed by atoms with Crippen LogP contribution >= 0.6 is 0 Å². The molecule has 7 nitrogen and oxygen atoms in total. The standard InChI is InChI=1S/C19H19FN4O3S/c20-16-7-3-4-8-17(16)27-18-10-9-14(13-21-18)23-28(25,26)19-11-12-22-24(19)15-5-1-2-6-15/h3-4,7-13,15,23H,1-2,5-6H2. The molecule has 4 rings (SSSR count). The number of nitrogens with zero attached hydrogens (tertiary/aromatic N) is 3. The van der Waals surface area contributed by atoms with Crippen LogP contribution in [0.3, 0.4) is 0 Å². The molecule has 0 radical (unpaired) electrons. The maximum absolute atomic E-state index is 13.6. The minimum absolute atomic E-state index is 0.0452. The number of hydrogen-bond acceptors (Lipinski definition) is 5. The van der Waals surface area contributed by atoms with E-state index in [9.17, 15) is 12.8 Å². The van der Waals surface area contributed by atoms with Crippen molar-refractivity contribution in [2.45, 2.75) is 36.8 Å². The maximum atomic E-state index is 13.6. The summed E-state index contributed by atoms with van der Waals surface area (Å²) in [4.78, 5) is 4.04. The van der Waals surface area contributed by atoms with Crippen molar-refractivity contribution in [1.29, 1.82) is 0 Å². The second kappa shape index (κ2) is 7.59. The number of ether oxygens (including phenoxy) is 1. The normalized spacial score (nSPS) is 14.9. The molecule has 0 bridgehead atoms. The van der Waals surface area contributed by atoms with Gasteiger partial charge in [-0.2, -0.15) is 13.5 Å². The van der Waals surface area contributed by atoms with Gasteiger partial charge in [0.05, 0.1) is 24.1 Å². The zero-order chi connectivity index (χ0) is 19.6. The van der Waals surface area contributed by atoms with E-state index in [0.717, 1.165) is 25.7 Å². The molecular formula is C19H19FN4O3S. The smallest absolute Gasteiger partial charge is 0.279 e. The van der Waals surface area contributed by atoms with Gasteiger partial charge in [-0.05, 0) is 37.1 Å². The molecule has 2 aromatic heterocycles. The molecule has 0 saturated heterocycles. The first kappa shape index (κ1) is 18.4. The van der Waals surface area contributed by atoms with Gasteiger partial charge in [-0.25, -0.2) is 14.1 Å². The van der Waals surface area contributed by atoms with E-state index < -0.39 is 15.8 Å². The SMILES string of the molecule is O=S(=O)(Nc1ccc(Oc2ccccc2F)nc1)c1ccnn1C1CCCC1. The number of nitrogens with one attached hydrogen (secondary N) is 1. The van der Waals surface area contributed by atoms with Crippen molar-refractivity contribution < 1.29 is 17.5 Å². The fraction of sp³-hybridized carbons (Fsp3) is 0.263. The molecule has 0 spiro atoms. The molecule has 0 amide bonds. The predicted molar refractivity (Wildman–Crippen MR) is 101 cm³/mol. The van der Waals surface area contributed by atoms with Crippen LogP contribution in [0.2, 0.25) is 0 Å². The molecule has 3 aromatic rings. The van der Waals surface area contributed by atoms with Gasteiger partial charge in [0, 0.05) is 6.07 Å². The summed E-state index contributed by atoms with van der Waals surface area (Å²) in [6, 6.07) is 10.6. The quantitative estimate of drug-likeness (QED) is 0.670. The summed E-state index contributed by atoms with van der Waals surface area (Å²) in [6.45, 7) is 0. The van der Waals surface area contributed by atoms with Crippen molar-refractivity contribution in [2.24, 2.45) is 0 Å². The largest absolute Gasteiger partial charge is 0.436 e. The number of rotatable bonds is 6. The van der Waals surface area contributed by atoms with Gasteiger partial charge in [0.1, 0.15) is 0 Å². The van der Waals surface area contributed by atoms with Crippen molar-refractivity contribution in [2.75, 3.05) is 4.72 Å². The number of aromatic nitrogens is 3. The van der Waals surface area contributed by atoms with Crippen LogP contribution in [0, 0.1) is 5.82 Å². The summed E-state index contributed by atoms with van der Waals surface area (Å²) in [6.07, 6.45) is 6.82. The number of sulfonamides is 1. The lowest BCUT2D eigenvalue weighted by molar-refractivity contribution is 0.427. The van der Waals surface area contributed by atoms with E-state index in [1.54, 1.807) is 16.8 Å². The molecule has 2 heterocycles. The highest BCUT2D eigenvalue weighted by molar-refractivity contribution is 7.92. The van der Waals surface area contributed by atoms with Crippen molar-refractivity contribution in [3.05, 3.63) is 60.7 Å². The molecule has 1 fully saturated rings. The van der Waals surface area contributed by atoms with Crippen LogP contribution in [-0.4, -0.2) is 23.2 Å². The molecule has 1 saturated carbocycles. The second-order valence-electron chi connectivity index (χ2n) is 6.58. The Morgan fingerprint density at radius 1 is 1.11 bits per heavy atom. The van der Waals surface area contributed by atoms with Gasteiger partial charge < -0.3 is 4.74 Å². The lowest BCUT2D eigenvalue weighted by Crippen LogP contribution is -2.20. The zero-order valence-electron chi connectivity index (χ0n) is 15.0. The van der Waals surface area contributed by atoms with E-state index in [4.69, 9.17) is 4.74 Å². The van der Waals surface area contributed by atoms with Crippen molar-refractivity contribution in [3.8, 4) is 11.6 Å². The number of pyridine rings is 1. The van der Waals surface area contributed by atoms with Gasteiger partial charge in [-0.1, -0.05) is 25.0 Å². The van der Waals surface area contributed by atoms with Gasteiger partial charge >= 0.3 is 0 Å². The van der Waals surface area contributed by atoms with E-state index in [-0.39, 0.29) is 28.4 Å². The van der Waals surface area contributed by atoms with Gasteiger partial charge in [-0.15, -0.1) is 0 Å². The molecule has 146 valence electrons. The number of halogens is 1. The highest BCUT2D eigenvalue weighted by Gasteiger charge is 2.26. The summed E-state index contributed by atoms with van der Waals surface area (Å²) in [5.74, 6) is -0.304. The number of anilines is 1. The van der Waals surface area contributed by atoms with Crippen LogP contribution in [0.1, 0.15) is 31.7 Å². The lowest BCUT2D eigenvalue weighted by Gasteiger charge is -2.15. The highest BCUT2D eigenvalue weighted by Crippen LogP contribution is 2.31.